The Kier molecular flexibility index (Phi) is 6.05. The first-order chi connectivity index (χ1) is 16.3. The molecule has 0 aliphatic carbocycles. The zero-order chi connectivity index (χ0) is 24.1. The molecule has 0 N–H and O–H groups in total. The van der Waals surface area contributed by atoms with Gasteiger partial charge in [0.05, 0.1) is 28.6 Å². The number of aldehydes is 1. The minimum Gasteiger partial charge on any atom is -0.319 e. The standard InChI is InChI=1S/C27H28ClN4OP/c1-16-6-9-20(28)26(19(16)15-33)23-13-24(31(2)3)27-30-21-10-7-17(12-22(21)32(23)27)18-8-11-25(29-14-18)34(4)5/h6-12,14-15,23-24H,13H2,1-5H3/t23-,24?/m1/s1. The van der Waals surface area contributed by atoms with Gasteiger partial charge in [0.15, 0.2) is 6.29 Å². The van der Waals surface area contributed by atoms with E-state index in [9.17, 15) is 4.79 Å². The molecule has 2 aromatic carbocycles. The molecule has 0 fully saturated rings. The molecule has 0 radical (unpaired) electrons. The van der Waals surface area contributed by atoms with E-state index in [4.69, 9.17) is 16.6 Å². The summed E-state index contributed by atoms with van der Waals surface area (Å²) in [6.07, 6.45) is 3.71. The van der Waals surface area contributed by atoms with Gasteiger partial charge in [-0.3, -0.25) is 14.7 Å². The zero-order valence-corrected chi connectivity index (χ0v) is 21.7. The quantitative estimate of drug-likeness (QED) is 0.261. The van der Waals surface area contributed by atoms with Crippen LogP contribution < -0.4 is 5.44 Å². The Morgan fingerprint density at radius 3 is 2.53 bits per heavy atom. The van der Waals surface area contributed by atoms with Crippen molar-refractivity contribution in [2.45, 2.75) is 25.4 Å². The number of halogens is 1. The SMILES string of the molecule is Cc1ccc(Cl)c([C@H]2CC(N(C)C)c3nc4ccc(-c5ccc(P(C)C)nc5)cc4n32)c1C=O. The van der Waals surface area contributed by atoms with E-state index in [0.29, 0.717) is 10.6 Å². The van der Waals surface area contributed by atoms with E-state index >= 15 is 0 Å². The van der Waals surface area contributed by atoms with Crippen LogP contribution in [0, 0.1) is 6.92 Å². The van der Waals surface area contributed by atoms with E-state index < -0.39 is 0 Å². The Hall–Kier alpha value is -2.59. The maximum absolute atomic E-state index is 12.1. The first-order valence-electron chi connectivity index (χ1n) is 11.4. The third kappa shape index (κ3) is 3.76. The van der Waals surface area contributed by atoms with Crippen molar-refractivity contribution in [1.29, 1.82) is 0 Å². The number of carbonyl (C=O) groups excluding carboxylic acids is 1. The number of pyridine rings is 1. The minimum absolute atomic E-state index is 0.0699. The lowest BCUT2D eigenvalue weighted by Gasteiger charge is -2.21. The second kappa shape index (κ2) is 8.88. The first-order valence-corrected chi connectivity index (χ1v) is 14.0. The third-order valence-electron chi connectivity index (χ3n) is 6.84. The number of fused-ring (bicyclic) bond motifs is 3. The van der Waals surface area contributed by atoms with Gasteiger partial charge in [-0.1, -0.05) is 37.7 Å². The van der Waals surface area contributed by atoms with Gasteiger partial charge < -0.3 is 4.57 Å². The highest BCUT2D eigenvalue weighted by Gasteiger charge is 2.38. The maximum Gasteiger partial charge on any atom is 0.150 e. The van der Waals surface area contributed by atoms with Crippen LogP contribution in [-0.2, 0) is 0 Å². The van der Waals surface area contributed by atoms with Crippen molar-refractivity contribution < 1.29 is 4.79 Å². The first kappa shape index (κ1) is 23.2. The number of rotatable bonds is 5. The van der Waals surface area contributed by atoms with Gasteiger partial charge in [-0.15, -0.1) is 0 Å². The van der Waals surface area contributed by atoms with Gasteiger partial charge in [0.25, 0.3) is 0 Å². The Labute approximate surface area is 206 Å². The van der Waals surface area contributed by atoms with Crippen LogP contribution in [0.3, 0.4) is 0 Å². The van der Waals surface area contributed by atoms with Gasteiger partial charge in [-0.25, -0.2) is 4.98 Å². The van der Waals surface area contributed by atoms with E-state index in [0.717, 1.165) is 57.3 Å². The molecule has 5 rings (SSSR count). The average Bonchev–Trinajstić information content (AvgIpc) is 3.37. The fourth-order valence-electron chi connectivity index (χ4n) is 5.00. The summed E-state index contributed by atoms with van der Waals surface area (Å²) in [6.45, 7) is 6.39. The summed E-state index contributed by atoms with van der Waals surface area (Å²) in [4.78, 5) is 24.0. The molecule has 1 unspecified atom stereocenters. The van der Waals surface area contributed by atoms with Crippen LogP contribution in [0.1, 0.15) is 45.8 Å². The number of benzene rings is 2. The molecule has 3 heterocycles. The molecular weight excluding hydrogens is 463 g/mol. The Balaban J connectivity index is 1.71. The van der Waals surface area contributed by atoms with E-state index in [1.165, 1.54) is 0 Å². The van der Waals surface area contributed by atoms with Crippen LogP contribution in [-0.4, -0.2) is 53.1 Å². The van der Waals surface area contributed by atoms with E-state index in [1.807, 2.05) is 25.3 Å². The Morgan fingerprint density at radius 2 is 1.88 bits per heavy atom. The summed E-state index contributed by atoms with van der Waals surface area (Å²) in [5, 5.41) is 0.622. The Morgan fingerprint density at radius 1 is 1.12 bits per heavy atom. The largest absolute Gasteiger partial charge is 0.319 e. The van der Waals surface area contributed by atoms with Gasteiger partial charge in [-0.05, 0) is 76.2 Å². The van der Waals surface area contributed by atoms with Crippen LogP contribution >= 0.6 is 19.5 Å². The molecule has 34 heavy (non-hydrogen) atoms. The summed E-state index contributed by atoms with van der Waals surface area (Å²) in [6, 6.07) is 14.5. The monoisotopic (exact) mass is 490 g/mol. The number of carbonyl (C=O) groups is 1. The summed E-state index contributed by atoms with van der Waals surface area (Å²) >= 11 is 6.73. The molecule has 0 amide bonds. The van der Waals surface area contributed by atoms with Crippen molar-refractivity contribution in [1.82, 2.24) is 19.4 Å². The molecular formula is C27H28ClN4OP. The lowest BCUT2D eigenvalue weighted by atomic mass is 9.94. The van der Waals surface area contributed by atoms with Crippen LogP contribution in [0.5, 0.6) is 0 Å². The maximum atomic E-state index is 12.1. The Bertz CT molecular complexity index is 1390. The number of aryl methyl sites for hydroxylation is 1. The van der Waals surface area contributed by atoms with Gasteiger partial charge in [0.2, 0.25) is 0 Å². The van der Waals surface area contributed by atoms with E-state index in [1.54, 1.807) is 0 Å². The molecule has 5 nitrogen and oxygen atoms in total. The highest BCUT2D eigenvalue weighted by atomic mass is 35.5. The molecule has 4 aromatic rings. The molecule has 2 aromatic heterocycles. The van der Waals surface area contributed by atoms with E-state index in [2.05, 4.69) is 72.2 Å². The lowest BCUT2D eigenvalue weighted by Crippen LogP contribution is -2.18. The number of aromatic nitrogens is 3. The minimum atomic E-state index is -0.226. The number of hydrogen-bond acceptors (Lipinski definition) is 4. The van der Waals surface area contributed by atoms with Gasteiger partial charge in [0.1, 0.15) is 5.82 Å². The van der Waals surface area contributed by atoms with Gasteiger partial charge >= 0.3 is 0 Å². The smallest absolute Gasteiger partial charge is 0.150 e. The number of nitrogens with zero attached hydrogens (tertiary/aromatic N) is 4. The summed E-state index contributed by atoms with van der Waals surface area (Å²) < 4.78 is 2.29. The normalized spacial score (nSPS) is 17.6. The van der Waals surface area contributed by atoms with Crippen molar-refractivity contribution >= 4 is 42.3 Å². The predicted molar refractivity (Wildman–Crippen MR) is 142 cm³/mol. The second-order valence-corrected chi connectivity index (χ2v) is 12.0. The molecule has 0 saturated carbocycles. The van der Waals surface area contributed by atoms with Gasteiger partial charge in [-0.2, -0.15) is 0 Å². The topological polar surface area (TPSA) is 51.0 Å². The van der Waals surface area contributed by atoms with Gasteiger partial charge in [0, 0.05) is 27.9 Å². The van der Waals surface area contributed by atoms with Crippen molar-refractivity contribution in [3.8, 4) is 11.1 Å². The number of hydrogen-bond donors (Lipinski definition) is 0. The molecule has 7 heteroatoms. The molecule has 0 spiro atoms. The molecule has 174 valence electrons. The van der Waals surface area contributed by atoms with Crippen molar-refractivity contribution in [3.05, 3.63) is 76.2 Å². The molecule has 0 saturated heterocycles. The fraction of sp³-hybridized carbons (Fsp3) is 0.296. The van der Waals surface area contributed by atoms with Crippen molar-refractivity contribution in [2.75, 3.05) is 27.4 Å². The summed E-state index contributed by atoms with van der Waals surface area (Å²) in [5.41, 5.74) is 7.83. The van der Waals surface area contributed by atoms with Crippen molar-refractivity contribution in [2.24, 2.45) is 0 Å². The van der Waals surface area contributed by atoms with Crippen LogP contribution in [0.4, 0.5) is 0 Å². The summed E-state index contributed by atoms with van der Waals surface area (Å²) in [5.74, 6) is 1.01. The van der Waals surface area contributed by atoms with Crippen LogP contribution in [0.15, 0.2) is 48.7 Å². The lowest BCUT2D eigenvalue weighted by molar-refractivity contribution is 0.112. The zero-order valence-electron chi connectivity index (χ0n) is 20.1. The van der Waals surface area contributed by atoms with Crippen LogP contribution in [0.25, 0.3) is 22.2 Å². The third-order valence-corrected chi connectivity index (χ3v) is 8.35. The fourth-order valence-corrected chi connectivity index (χ4v) is 5.95. The van der Waals surface area contributed by atoms with E-state index in [-0.39, 0.29) is 20.0 Å². The highest BCUT2D eigenvalue weighted by Crippen LogP contribution is 2.46. The molecule has 2 atom stereocenters. The summed E-state index contributed by atoms with van der Waals surface area (Å²) in [7, 11) is 3.92. The predicted octanol–water partition coefficient (Wildman–Crippen LogP) is 5.84. The average molecular weight is 491 g/mol. The second-order valence-electron chi connectivity index (χ2n) is 9.38. The van der Waals surface area contributed by atoms with Crippen LogP contribution in [0.2, 0.25) is 5.02 Å². The number of imidazole rings is 1. The molecule has 0 bridgehead atoms. The van der Waals surface area contributed by atoms with Crippen molar-refractivity contribution in [3.63, 3.8) is 0 Å². The highest BCUT2D eigenvalue weighted by molar-refractivity contribution is 7.63. The molecule has 1 aliphatic heterocycles. The molecule has 1 aliphatic rings.